The zero-order valence-electron chi connectivity index (χ0n) is 9.38. The highest BCUT2D eigenvalue weighted by atomic mass is 19.4. The van der Waals surface area contributed by atoms with Gasteiger partial charge in [-0.25, -0.2) is 4.39 Å². The topological polar surface area (TPSA) is 29.5 Å². The van der Waals surface area contributed by atoms with Gasteiger partial charge in [0.15, 0.2) is 0 Å². The second-order valence-electron chi connectivity index (χ2n) is 4.23. The third-order valence-electron chi connectivity index (χ3n) is 2.96. The van der Waals surface area contributed by atoms with E-state index in [1.807, 2.05) is 0 Å². The largest absolute Gasteiger partial charge is 0.419 e. The van der Waals surface area contributed by atoms with Crippen LogP contribution in [-0.2, 0) is 10.9 Å². The molecule has 1 aromatic carbocycles. The van der Waals surface area contributed by atoms with Crippen molar-refractivity contribution in [3.8, 4) is 0 Å². The summed E-state index contributed by atoms with van der Waals surface area (Å²) in [6.45, 7) is 0.505. The quantitative estimate of drug-likeness (QED) is 0.832. The number of aliphatic hydroxyl groups excluding tert-OH is 1. The van der Waals surface area contributed by atoms with Gasteiger partial charge in [-0.3, -0.25) is 0 Å². The lowest BCUT2D eigenvalue weighted by Gasteiger charge is -2.18. The Kier molecular flexibility index (Phi) is 3.59. The summed E-state index contributed by atoms with van der Waals surface area (Å²) in [7, 11) is 0. The Morgan fingerprint density at radius 3 is 2.56 bits per heavy atom. The summed E-state index contributed by atoms with van der Waals surface area (Å²) in [6, 6.07) is 2.44. The van der Waals surface area contributed by atoms with Gasteiger partial charge in [-0.1, -0.05) is 6.07 Å². The van der Waals surface area contributed by atoms with E-state index in [1.54, 1.807) is 0 Å². The minimum atomic E-state index is -4.72. The molecule has 0 aromatic heterocycles. The highest BCUT2D eigenvalue weighted by Gasteiger charge is 2.35. The average molecular weight is 264 g/mol. The van der Waals surface area contributed by atoms with Crippen molar-refractivity contribution in [3.05, 3.63) is 35.1 Å². The summed E-state index contributed by atoms with van der Waals surface area (Å²) in [5.41, 5.74) is -1.22. The average Bonchev–Trinajstić information content (AvgIpc) is 2.79. The van der Waals surface area contributed by atoms with E-state index < -0.39 is 29.8 Å². The van der Waals surface area contributed by atoms with Crippen LogP contribution >= 0.6 is 0 Å². The molecule has 1 aromatic rings. The number of alkyl halides is 3. The molecule has 100 valence electrons. The zero-order chi connectivity index (χ0) is 13.3. The Hall–Kier alpha value is -1.14. The van der Waals surface area contributed by atoms with Gasteiger partial charge < -0.3 is 9.84 Å². The van der Waals surface area contributed by atoms with Crippen molar-refractivity contribution in [1.29, 1.82) is 0 Å². The smallest absolute Gasteiger partial charge is 0.386 e. The maximum atomic E-state index is 13.3. The van der Waals surface area contributed by atoms with E-state index in [1.165, 1.54) is 0 Å². The first-order valence-electron chi connectivity index (χ1n) is 5.56. The lowest BCUT2D eigenvalue weighted by Crippen LogP contribution is -2.18. The molecule has 0 bridgehead atoms. The molecule has 6 heteroatoms. The van der Waals surface area contributed by atoms with Gasteiger partial charge in [0.25, 0.3) is 0 Å². The molecule has 1 saturated heterocycles. The summed E-state index contributed by atoms with van der Waals surface area (Å²) in [5.74, 6) is -1.38. The van der Waals surface area contributed by atoms with Gasteiger partial charge >= 0.3 is 6.18 Å². The van der Waals surface area contributed by atoms with Crippen LogP contribution < -0.4 is 0 Å². The van der Waals surface area contributed by atoms with Crippen molar-refractivity contribution in [3.63, 3.8) is 0 Å². The fourth-order valence-corrected chi connectivity index (χ4v) is 2.01. The third kappa shape index (κ3) is 2.64. The monoisotopic (exact) mass is 264 g/mol. The molecule has 1 heterocycles. The summed E-state index contributed by atoms with van der Waals surface area (Å²) >= 11 is 0. The van der Waals surface area contributed by atoms with E-state index in [2.05, 4.69) is 0 Å². The van der Waals surface area contributed by atoms with E-state index >= 15 is 0 Å². The molecule has 0 spiro atoms. The van der Waals surface area contributed by atoms with Crippen molar-refractivity contribution < 1.29 is 27.4 Å². The molecular weight excluding hydrogens is 252 g/mol. The third-order valence-corrected chi connectivity index (χ3v) is 2.96. The Morgan fingerprint density at radius 1 is 1.33 bits per heavy atom. The maximum Gasteiger partial charge on any atom is 0.419 e. The molecule has 18 heavy (non-hydrogen) atoms. The van der Waals surface area contributed by atoms with Gasteiger partial charge in [0.1, 0.15) is 11.9 Å². The first-order valence-corrected chi connectivity index (χ1v) is 5.56. The van der Waals surface area contributed by atoms with Crippen LogP contribution in [0, 0.1) is 5.82 Å². The summed E-state index contributed by atoms with van der Waals surface area (Å²) < 4.78 is 55.6. The number of rotatable bonds is 2. The van der Waals surface area contributed by atoms with E-state index in [0.29, 0.717) is 19.1 Å². The molecule has 1 fully saturated rings. The fraction of sp³-hybridized carbons (Fsp3) is 0.500. The molecule has 1 N–H and O–H groups in total. The molecule has 1 aliphatic rings. The van der Waals surface area contributed by atoms with Gasteiger partial charge in [-0.05, 0) is 30.5 Å². The molecule has 0 saturated carbocycles. The van der Waals surface area contributed by atoms with Crippen LogP contribution in [0.2, 0.25) is 0 Å². The lowest BCUT2D eigenvalue weighted by molar-refractivity contribution is -0.140. The summed E-state index contributed by atoms with van der Waals surface area (Å²) in [4.78, 5) is 0. The standard InChI is InChI=1S/C12H12F4O2/c13-9-6-7(3-4-8(9)12(14,15)16)11(17)10-2-1-5-18-10/h3-4,6,10-11,17H,1-2,5H2. The predicted octanol–water partition coefficient (Wildman–Crippen LogP) is 3.06. The number of hydrogen-bond donors (Lipinski definition) is 1. The molecule has 0 aliphatic carbocycles. The van der Waals surface area contributed by atoms with Gasteiger partial charge in [0.05, 0.1) is 11.7 Å². The Bertz CT molecular complexity index is 425. The second kappa shape index (κ2) is 4.85. The van der Waals surface area contributed by atoms with Crippen molar-refractivity contribution in [1.82, 2.24) is 0 Å². The minimum Gasteiger partial charge on any atom is -0.386 e. The number of hydrogen-bond acceptors (Lipinski definition) is 2. The van der Waals surface area contributed by atoms with E-state index in [4.69, 9.17) is 4.74 Å². The molecule has 0 amide bonds. The lowest BCUT2D eigenvalue weighted by atomic mass is 10.0. The molecule has 2 rings (SSSR count). The molecular formula is C12H12F4O2. The van der Waals surface area contributed by atoms with Crippen molar-refractivity contribution >= 4 is 0 Å². The summed E-state index contributed by atoms with van der Waals surface area (Å²) in [6.07, 6.45) is -4.89. The van der Waals surface area contributed by atoms with Crippen LogP contribution in [0.5, 0.6) is 0 Å². The number of ether oxygens (including phenoxy) is 1. The number of benzene rings is 1. The van der Waals surface area contributed by atoms with Gasteiger partial charge in [0.2, 0.25) is 0 Å². The Labute approximate surface area is 101 Å². The van der Waals surface area contributed by atoms with E-state index in [-0.39, 0.29) is 5.56 Å². The number of halogens is 4. The first kappa shape index (κ1) is 13.3. The van der Waals surface area contributed by atoms with Crippen molar-refractivity contribution in [2.75, 3.05) is 6.61 Å². The minimum absolute atomic E-state index is 0.104. The van der Waals surface area contributed by atoms with Crippen LogP contribution in [0.1, 0.15) is 30.1 Å². The predicted molar refractivity (Wildman–Crippen MR) is 55.3 cm³/mol. The molecule has 2 atom stereocenters. The van der Waals surface area contributed by atoms with Crippen molar-refractivity contribution in [2.24, 2.45) is 0 Å². The molecule has 1 aliphatic heterocycles. The van der Waals surface area contributed by atoms with E-state index in [0.717, 1.165) is 18.6 Å². The molecule has 2 unspecified atom stereocenters. The Balaban J connectivity index is 2.23. The normalized spacial score (nSPS) is 22.2. The first-order chi connectivity index (χ1) is 8.39. The van der Waals surface area contributed by atoms with Gasteiger partial charge in [0, 0.05) is 6.61 Å². The van der Waals surface area contributed by atoms with Crippen LogP contribution in [0.15, 0.2) is 18.2 Å². The van der Waals surface area contributed by atoms with Crippen LogP contribution in [-0.4, -0.2) is 17.8 Å². The molecule has 0 radical (unpaired) electrons. The van der Waals surface area contributed by atoms with Crippen LogP contribution in [0.4, 0.5) is 17.6 Å². The highest BCUT2D eigenvalue weighted by Crippen LogP contribution is 2.34. The fourth-order valence-electron chi connectivity index (χ4n) is 2.01. The van der Waals surface area contributed by atoms with E-state index in [9.17, 15) is 22.7 Å². The maximum absolute atomic E-state index is 13.3. The second-order valence-corrected chi connectivity index (χ2v) is 4.23. The molecule has 2 nitrogen and oxygen atoms in total. The van der Waals surface area contributed by atoms with Gasteiger partial charge in [-0.15, -0.1) is 0 Å². The Morgan fingerprint density at radius 2 is 2.06 bits per heavy atom. The summed E-state index contributed by atoms with van der Waals surface area (Å²) in [5, 5.41) is 9.87. The van der Waals surface area contributed by atoms with Crippen LogP contribution in [0.25, 0.3) is 0 Å². The van der Waals surface area contributed by atoms with Crippen LogP contribution in [0.3, 0.4) is 0 Å². The SMILES string of the molecule is OC(c1ccc(C(F)(F)F)c(F)c1)C1CCCO1. The van der Waals surface area contributed by atoms with Crippen molar-refractivity contribution in [2.45, 2.75) is 31.2 Å². The zero-order valence-corrected chi connectivity index (χ0v) is 9.38. The number of aliphatic hydroxyl groups is 1. The highest BCUT2D eigenvalue weighted by molar-refractivity contribution is 5.28. The van der Waals surface area contributed by atoms with Gasteiger partial charge in [-0.2, -0.15) is 13.2 Å².